The first-order valence-corrected chi connectivity index (χ1v) is 10.7. The summed E-state index contributed by atoms with van der Waals surface area (Å²) in [6, 6.07) is 0. The Hall–Kier alpha value is -1.54. The Bertz CT molecular complexity index is 438. The summed E-state index contributed by atoms with van der Waals surface area (Å²) in [5.41, 5.74) is 2.80. The summed E-state index contributed by atoms with van der Waals surface area (Å²) in [5, 5.41) is 0. The van der Waals surface area contributed by atoms with Crippen LogP contribution in [0.5, 0.6) is 0 Å². The van der Waals surface area contributed by atoms with E-state index in [0.29, 0.717) is 13.0 Å². The molecule has 0 aliphatic rings. The zero-order valence-electron chi connectivity index (χ0n) is 17.8. The first kappa shape index (κ1) is 25.5. The minimum Gasteiger partial charge on any atom is -0.469 e. The number of hydrogen-bond acceptors (Lipinski definition) is 4. The summed E-state index contributed by atoms with van der Waals surface area (Å²) in [6.45, 7) is 8.12. The summed E-state index contributed by atoms with van der Waals surface area (Å²) in [5.74, 6) is -0.263. The van der Waals surface area contributed by atoms with Gasteiger partial charge in [0.2, 0.25) is 0 Å². The molecule has 4 nitrogen and oxygen atoms in total. The van der Waals surface area contributed by atoms with Gasteiger partial charge in [-0.15, -0.1) is 5.73 Å². The molecular formula is C23H40O4. The SMILES string of the molecule is C=C=CC(C(=O)OCC)C(CCCCCCC)CCCCCCC(=O)OC. The Morgan fingerprint density at radius 2 is 1.56 bits per heavy atom. The standard InChI is InChI=1S/C23H40O4/c1-5-8-9-10-13-17-20(21(16-6-2)23(25)27-7-3)18-14-11-12-15-19-22(24)26-4/h16,20-21H,2,5,7-15,17-19H2,1,3-4H3. The fraction of sp³-hybridized carbons (Fsp3) is 0.783. The van der Waals surface area contributed by atoms with Crippen molar-refractivity contribution in [2.75, 3.05) is 13.7 Å². The molecule has 27 heavy (non-hydrogen) atoms. The second kappa shape index (κ2) is 17.9. The smallest absolute Gasteiger partial charge is 0.313 e. The van der Waals surface area contributed by atoms with Crippen LogP contribution in [-0.2, 0) is 19.1 Å². The van der Waals surface area contributed by atoms with Gasteiger partial charge < -0.3 is 9.47 Å². The molecule has 0 aliphatic carbocycles. The fourth-order valence-corrected chi connectivity index (χ4v) is 3.41. The Balaban J connectivity index is 4.54. The molecule has 2 unspecified atom stereocenters. The van der Waals surface area contributed by atoms with Gasteiger partial charge in [-0.05, 0) is 38.2 Å². The zero-order valence-corrected chi connectivity index (χ0v) is 17.8. The molecule has 0 fully saturated rings. The maximum absolute atomic E-state index is 12.4. The first-order valence-electron chi connectivity index (χ1n) is 10.7. The van der Waals surface area contributed by atoms with Crippen molar-refractivity contribution in [1.82, 2.24) is 0 Å². The van der Waals surface area contributed by atoms with E-state index in [-0.39, 0.29) is 23.8 Å². The monoisotopic (exact) mass is 380 g/mol. The minimum absolute atomic E-state index is 0.140. The number of hydrogen-bond donors (Lipinski definition) is 0. The van der Waals surface area contributed by atoms with Gasteiger partial charge in [0.25, 0.3) is 0 Å². The van der Waals surface area contributed by atoms with E-state index in [2.05, 4.69) is 24.0 Å². The van der Waals surface area contributed by atoms with Crippen LogP contribution in [0, 0.1) is 11.8 Å². The van der Waals surface area contributed by atoms with E-state index in [4.69, 9.17) is 4.74 Å². The average molecular weight is 381 g/mol. The van der Waals surface area contributed by atoms with Gasteiger partial charge in [-0.25, -0.2) is 0 Å². The third-order valence-corrected chi connectivity index (χ3v) is 4.98. The van der Waals surface area contributed by atoms with Crippen molar-refractivity contribution in [3.63, 3.8) is 0 Å². The van der Waals surface area contributed by atoms with Crippen molar-refractivity contribution in [1.29, 1.82) is 0 Å². The molecule has 0 aromatic carbocycles. The van der Waals surface area contributed by atoms with Crippen LogP contribution in [0.15, 0.2) is 18.4 Å². The van der Waals surface area contributed by atoms with Gasteiger partial charge in [0, 0.05) is 6.42 Å². The van der Waals surface area contributed by atoms with E-state index in [9.17, 15) is 9.59 Å². The summed E-state index contributed by atoms with van der Waals surface area (Å²) < 4.78 is 9.94. The molecule has 0 amide bonds. The molecule has 0 N–H and O–H groups in total. The van der Waals surface area contributed by atoms with Crippen LogP contribution in [-0.4, -0.2) is 25.7 Å². The average Bonchev–Trinajstić information content (AvgIpc) is 2.67. The van der Waals surface area contributed by atoms with Crippen molar-refractivity contribution in [2.24, 2.45) is 11.8 Å². The van der Waals surface area contributed by atoms with Crippen LogP contribution in [0.3, 0.4) is 0 Å². The molecular weight excluding hydrogens is 340 g/mol. The van der Waals surface area contributed by atoms with E-state index in [1.165, 1.54) is 32.8 Å². The lowest BCUT2D eigenvalue weighted by molar-refractivity contribution is -0.148. The molecule has 0 saturated heterocycles. The van der Waals surface area contributed by atoms with Gasteiger partial charge in [0.15, 0.2) is 0 Å². The number of ether oxygens (including phenoxy) is 2. The number of carbonyl (C=O) groups is 2. The Morgan fingerprint density at radius 3 is 2.07 bits per heavy atom. The molecule has 0 bridgehead atoms. The number of unbranched alkanes of at least 4 members (excludes halogenated alkanes) is 7. The van der Waals surface area contributed by atoms with Gasteiger partial charge in [0.1, 0.15) is 0 Å². The van der Waals surface area contributed by atoms with Crippen LogP contribution >= 0.6 is 0 Å². The minimum atomic E-state index is -0.247. The van der Waals surface area contributed by atoms with E-state index < -0.39 is 0 Å². The quantitative estimate of drug-likeness (QED) is 0.176. The Labute approximate surface area is 166 Å². The third kappa shape index (κ3) is 13.3. The largest absolute Gasteiger partial charge is 0.469 e. The number of rotatable bonds is 17. The van der Waals surface area contributed by atoms with Gasteiger partial charge in [-0.2, -0.15) is 0 Å². The van der Waals surface area contributed by atoms with Crippen molar-refractivity contribution in [3.05, 3.63) is 18.4 Å². The molecule has 4 heteroatoms. The Morgan fingerprint density at radius 1 is 0.963 bits per heavy atom. The second-order valence-corrected chi connectivity index (χ2v) is 7.14. The Kier molecular flexibility index (Phi) is 16.8. The van der Waals surface area contributed by atoms with Gasteiger partial charge in [0.05, 0.1) is 19.6 Å². The van der Waals surface area contributed by atoms with Crippen molar-refractivity contribution in [2.45, 2.75) is 90.9 Å². The van der Waals surface area contributed by atoms with E-state index in [1.807, 2.05) is 6.92 Å². The lowest BCUT2D eigenvalue weighted by Gasteiger charge is -2.23. The second-order valence-electron chi connectivity index (χ2n) is 7.14. The lowest BCUT2D eigenvalue weighted by Crippen LogP contribution is -2.24. The van der Waals surface area contributed by atoms with E-state index in [1.54, 1.807) is 6.08 Å². The predicted molar refractivity (Wildman–Crippen MR) is 110 cm³/mol. The summed E-state index contributed by atoms with van der Waals surface area (Å²) in [6.07, 6.45) is 14.4. The number of carbonyl (C=O) groups excluding carboxylic acids is 2. The van der Waals surface area contributed by atoms with Crippen LogP contribution < -0.4 is 0 Å². The van der Waals surface area contributed by atoms with E-state index in [0.717, 1.165) is 44.9 Å². The molecule has 156 valence electrons. The van der Waals surface area contributed by atoms with Crippen molar-refractivity contribution >= 4 is 11.9 Å². The van der Waals surface area contributed by atoms with Crippen LogP contribution in [0.1, 0.15) is 90.9 Å². The zero-order chi connectivity index (χ0) is 20.3. The van der Waals surface area contributed by atoms with Crippen LogP contribution in [0.25, 0.3) is 0 Å². The molecule has 0 radical (unpaired) electrons. The highest BCUT2D eigenvalue weighted by molar-refractivity contribution is 5.74. The van der Waals surface area contributed by atoms with E-state index >= 15 is 0 Å². The third-order valence-electron chi connectivity index (χ3n) is 4.98. The van der Waals surface area contributed by atoms with Gasteiger partial charge in [-0.3, -0.25) is 9.59 Å². The normalized spacial score (nSPS) is 12.7. The fourth-order valence-electron chi connectivity index (χ4n) is 3.41. The lowest BCUT2D eigenvalue weighted by atomic mass is 9.83. The molecule has 0 rings (SSSR count). The molecule has 2 atom stereocenters. The molecule has 0 aliphatic heterocycles. The van der Waals surface area contributed by atoms with Crippen LogP contribution in [0.4, 0.5) is 0 Å². The maximum atomic E-state index is 12.4. The molecule has 0 aromatic heterocycles. The molecule has 0 aromatic rings. The highest BCUT2D eigenvalue weighted by atomic mass is 16.5. The van der Waals surface area contributed by atoms with Crippen molar-refractivity contribution in [3.8, 4) is 0 Å². The highest BCUT2D eigenvalue weighted by Crippen LogP contribution is 2.28. The highest BCUT2D eigenvalue weighted by Gasteiger charge is 2.26. The molecule has 0 heterocycles. The van der Waals surface area contributed by atoms with Gasteiger partial charge in [-0.1, -0.05) is 64.9 Å². The van der Waals surface area contributed by atoms with Crippen LogP contribution in [0.2, 0.25) is 0 Å². The predicted octanol–water partition coefficient (Wildman–Crippen LogP) is 6.00. The number of methoxy groups -OCH3 is 1. The summed E-state index contributed by atoms with van der Waals surface area (Å²) in [4.78, 5) is 23.5. The topological polar surface area (TPSA) is 52.6 Å². The summed E-state index contributed by atoms with van der Waals surface area (Å²) in [7, 11) is 1.43. The maximum Gasteiger partial charge on any atom is 0.313 e. The molecule has 0 spiro atoms. The van der Waals surface area contributed by atoms with Gasteiger partial charge >= 0.3 is 11.9 Å². The number of esters is 2. The first-order chi connectivity index (χ1) is 13.1. The summed E-state index contributed by atoms with van der Waals surface area (Å²) >= 11 is 0. The molecule has 0 saturated carbocycles. The van der Waals surface area contributed by atoms with Crippen molar-refractivity contribution < 1.29 is 19.1 Å².